The highest BCUT2D eigenvalue weighted by Crippen LogP contribution is 2.22. The molecule has 0 aliphatic rings. The monoisotopic (exact) mass is 514 g/mol. The lowest BCUT2D eigenvalue weighted by atomic mass is 10.1. The number of aryl methyl sites for hydroxylation is 1. The number of nitrogens with zero attached hydrogens (tertiary/aromatic N) is 2. The number of rotatable bonds is 11. The Balaban J connectivity index is 1.37. The molecule has 1 aromatic heterocycles. The average molecular weight is 515 g/mol. The van der Waals surface area contributed by atoms with Gasteiger partial charge in [0, 0.05) is 12.0 Å². The van der Waals surface area contributed by atoms with Crippen LogP contribution in [0.5, 0.6) is 5.75 Å². The van der Waals surface area contributed by atoms with E-state index < -0.39 is 18.1 Å². The molecule has 0 bridgehead atoms. The summed E-state index contributed by atoms with van der Waals surface area (Å²) in [6, 6.07) is 25.1. The van der Waals surface area contributed by atoms with Crippen LogP contribution in [0.15, 0.2) is 89.3 Å². The summed E-state index contributed by atoms with van der Waals surface area (Å²) in [5.41, 5.74) is 3.27. The molecule has 0 fully saturated rings. The first kappa shape index (κ1) is 26.5. The Morgan fingerprint density at radius 1 is 0.974 bits per heavy atom. The van der Waals surface area contributed by atoms with Gasteiger partial charge in [0.2, 0.25) is 5.89 Å². The van der Waals surface area contributed by atoms with E-state index in [4.69, 9.17) is 13.9 Å². The van der Waals surface area contributed by atoms with Crippen LogP contribution in [0.2, 0.25) is 0 Å². The summed E-state index contributed by atoms with van der Waals surface area (Å²) >= 11 is 0. The zero-order chi connectivity index (χ0) is 26.9. The summed E-state index contributed by atoms with van der Waals surface area (Å²) in [7, 11) is 0. The average Bonchev–Trinajstić information content (AvgIpc) is 3.31. The van der Waals surface area contributed by atoms with Crippen LogP contribution in [0.4, 0.5) is 4.79 Å². The summed E-state index contributed by atoms with van der Waals surface area (Å²) in [6.07, 6.45) is -0.147. The van der Waals surface area contributed by atoms with Gasteiger partial charge < -0.3 is 19.0 Å². The molecule has 4 aromatic rings. The molecule has 4 rings (SSSR count). The van der Waals surface area contributed by atoms with Crippen LogP contribution in [-0.4, -0.2) is 39.7 Å². The Kier molecular flexibility index (Phi) is 8.77. The first-order valence-electron chi connectivity index (χ1n) is 12.3. The molecule has 0 saturated carbocycles. The minimum atomic E-state index is -1.12. The standard InChI is InChI=1S/C30H30N2O6/c1-21(29(33)34)32(30(35)37-20-23-10-5-3-6-11-23)19-24-12-9-15-26(18-24)36-17-16-27-22(2)38-28(31-27)25-13-7-4-8-14-25/h3-15,18,21H,16-17,19-20H2,1-2H3,(H,33,34)/t21-/m1/s1. The van der Waals surface area contributed by atoms with E-state index in [1.807, 2.05) is 79.7 Å². The minimum absolute atomic E-state index is 0.0547. The third-order valence-corrected chi connectivity index (χ3v) is 6.04. The first-order valence-corrected chi connectivity index (χ1v) is 12.3. The van der Waals surface area contributed by atoms with Crippen molar-refractivity contribution < 1.29 is 28.6 Å². The van der Waals surface area contributed by atoms with Crippen LogP contribution < -0.4 is 4.74 Å². The molecule has 1 amide bonds. The van der Waals surface area contributed by atoms with Crippen molar-refractivity contribution in [1.29, 1.82) is 0 Å². The van der Waals surface area contributed by atoms with E-state index in [9.17, 15) is 14.7 Å². The number of carbonyl (C=O) groups excluding carboxylic acids is 1. The molecule has 3 aromatic carbocycles. The first-order chi connectivity index (χ1) is 18.4. The molecular formula is C30H30N2O6. The summed E-state index contributed by atoms with van der Waals surface area (Å²) < 4.78 is 17.2. The molecule has 0 saturated heterocycles. The summed E-state index contributed by atoms with van der Waals surface area (Å²) in [5, 5.41) is 9.55. The second-order valence-corrected chi connectivity index (χ2v) is 8.82. The topological polar surface area (TPSA) is 102 Å². The molecule has 1 N–H and O–H groups in total. The van der Waals surface area contributed by atoms with Crippen molar-refractivity contribution in [2.75, 3.05) is 6.61 Å². The number of benzene rings is 3. The van der Waals surface area contributed by atoms with Crippen molar-refractivity contribution in [3.63, 3.8) is 0 Å². The third kappa shape index (κ3) is 7.00. The van der Waals surface area contributed by atoms with Gasteiger partial charge in [0.05, 0.1) is 18.8 Å². The number of amides is 1. The van der Waals surface area contributed by atoms with E-state index in [2.05, 4.69) is 4.98 Å². The molecule has 196 valence electrons. The van der Waals surface area contributed by atoms with E-state index in [-0.39, 0.29) is 13.2 Å². The fraction of sp³-hybridized carbons (Fsp3) is 0.233. The maximum atomic E-state index is 12.8. The molecule has 0 aliphatic heterocycles. The van der Waals surface area contributed by atoms with Crippen LogP contribution in [0.3, 0.4) is 0 Å². The second kappa shape index (κ2) is 12.6. The van der Waals surface area contributed by atoms with E-state index >= 15 is 0 Å². The van der Waals surface area contributed by atoms with Gasteiger partial charge in [-0.25, -0.2) is 14.6 Å². The lowest BCUT2D eigenvalue weighted by Crippen LogP contribution is -2.43. The van der Waals surface area contributed by atoms with Gasteiger partial charge in [-0.3, -0.25) is 4.90 Å². The molecule has 38 heavy (non-hydrogen) atoms. The Bertz CT molecular complexity index is 1350. The zero-order valence-corrected chi connectivity index (χ0v) is 21.4. The highest BCUT2D eigenvalue weighted by molar-refractivity contribution is 5.79. The highest BCUT2D eigenvalue weighted by Gasteiger charge is 2.27. The SMILES string of the molecule is Cc1oc(-c2ccccc2)nc1CCOc1cccc(CN(C(=O)OCc2ccccc2)[C@H](C)C(=O)O)c1. The number of carbonyl (C=O) groups is 2. The van der Waals surface area contributed by atoms with E-state index in [0.29, 0.717) is 24.7 Å². The zero-order valence-electron chi connectivity index (χ0n) is 21.4. The van der Waals surface area contributed by atoms with Crippen molar-refractivity contribution in [2.45, 2.75) is 39.5 Å². The number of carboxylic acid groups (broad SMARTS) is 1. The van der Waals surface area contributed by atoms with Crippen molar-refractivity contribution in [1.82, 2.24) is 9.88 Å². The van der Waals surface area contributed by atoms with E-state index in [1.54, 1.807) is 12.1 Å². The summed E-state index contributed by atoms with van der Waals surface area (Å²) in [5.74, 6) is 0.805. The minimum Gasteiger partial charge on any atom is -0.493 e. The molecule has 0 unspecified atom stereocenters. The van der Waals surface area contributed by atoms with Crippen molar-refractivity contribution in [3.05, 3.63) is 108 Å². The van der Waals surface area contributed by atoms with Crippen molar-refractivity contribution in [2.24, 2.45) is 0 Å². The van der Waals surface area contributed by atoms with Gasteiger partial charge in [0.1, 0.15) is 24.2 Å². The van der Waals surface area contributed by atoms with Crippen LogP contribution >= 0.6 is 0 Å². The quantitative estimate of drug-likeness (QED) is 0.266. The van der Waals surface area contributed by atoms with Gasteiger partial charge in [0.15, 0.2) is 0 Å². The number of hydrogen-bond donors (Lipinski definition) is 1. The molecule has 8 nitrogen and oxygen atoms in total. The van der Waals surface area contributed by atoms with Crippen LogP contribution in [0.1, 0.15) is 29.5 Å². The van der Waals surface area contributed by atoms with Gasteiger partial charge in [-0.1, -0.05) is 60.7 Å². The second-order valence-electron chi connectivity index (χ2n) is 8.82. The number of carboxylic acids is 1. The molecule has 0 aliphatic carbocycles. The van der Waals surface area contributed by atoms with Crippen LogP contribution in [0, 0.1) is 6.92 Å². The smallest absolute Gasteiger partial charge is 0.411 e. The summed E-state index contributed by atoms with van der Waals surface area (Å²) in [4.78, 5) is 30.3. The van der Waals surface area contributed by atoms with Gasteiger partial charge in [-0.15, -0.1) is 0 Å². The van der Waals surface area contributed by atoms with Crippen LogP contribution in [-0.2, 0) is 29.1 Å². The normalized spacial score (nSPS) is 11.5. The Morgan fingerprint density at radius 2 is 1.66 bits per heavy atom. The maximum absolute atomic E-state index is 12.8. The molecule has 0 spiro atoms. The van der Waals surface area contributed by atoms with Crippen molar-refractivity contribution in [3.8, 4) is 17.2 Å². The molecule has 1 heterocycles. The number of aliphatic carboxylic acids is 1. The predicted octanol–water partition coefficient (Wildman–Crippen LogP) is 5.88. The summed E-state index contributed by atoms with van der Waals surface area (Å²) in [6.45, 7) is 3.82. The number of aromatic nitrogens is 1. The van der Waals surface area contributed by atoms with Gasteiger partial charge >= 0.3 is 12.1 Å². The van der Waals surface area contributed by atoms with Crippen LogP contribution in [0.25, 0.3) is 11.5 Å². The molecule has 8 heteroatoms. The molecule has 1 atom stereocenters. The third-order valence-electron chi connectivity index (χ3n) is 6.04. The molecular weight excluding hydrogens is 484 g/mol. The largest absolute Gasteiger partial charge is 0.493 e. The molecule has 0 radical (unpaired) electrons. The Morgan fingerprint density at radius 3 is 2.37 bits per heavy atom. The van der Waals surface area contributed by atoms with Gasteiger partial charge in [0.25, 0.3) is 0 Å². The predicted molar refractivity (Wildman–Crippen MR) is 142 cm³/mol. The fourth-order valence-electron chi connectivity index (χ4n) is 3.86. The number of ether oxygens (including phenoxy) is 2. The Labute approximate surface area is 221 Å². The lowest BCUT2D eigenvalue weighted by Gasteiger charge is -2.26. The van der Waals surface area contributed by atoms with E-state index in [0.717, 1.165) is 28.1 Å². The number of oxazole rings is 1. The van der Waals surface area contributed by atoms with E-state index in [1.165, 1.54) is 11.8 Å². The van der Waals surface area contributed by atoms with Gasteiger partial charge in [-0.2, -0.15) is 0 Å². The van der Waals surface area contributed by atoms with Gasteiger partial charge in [-0.05, 0) is 49.2 Å². The fourth-order valence-corrected chi connectivity index (χ4v) is 3.86. The number of hydrogen-bond acceptors (Lipinski definition) is 6. The lowest BCUT2D eigenvalue weighted by molar-refractivity contribution is -0.142. The highest BCUT2D eigenvalue weighted by atomic mass is 16.6. The maximum Gasteiger partial charge on any atom is 0.411 e. The van der Waals surface area contributed by atoms with Crippen molar-refractivity contribution >= 4 is 12.1 Å². The Hall–Kier alpha value is -4.59.